The van der Waals surface area contributed by atoms with Crippen LogP contribution >= 0.6 is 0 Å². The fraction of sp³-hybridized carbons (Fsp3) is 0.909. The van der Waals surface area contributed by atoms with E-state index in [1.165, 1.54) is 25.7 Å². The lowest BCUT2D eigenvalue weighted by Crippen LogP contribution is -2.37. The van der Waals surface area contributed by atoms with Crippen molar-refractivity contribution in [3.8, 4) is 0 Å². The van der Waals surface area contributed by atoms with E-state index in [0.29, 0.717) is 12.4 Å². The summed E-state index contributed by atoms with van der Waals surface area (Å²) < 4.78 is 5.19. The van der Waals surface area contributed by atoms with Crippen LogP contribution in [0.2, 0.25) is 0 Å². The van der Waals surface area contributed by atoms with E-state index < -0.39 is 0 Å². The van der Waals surface area contributed by atoms with Crippen LogP contribution in [0, 0.1) is 17.8 Å². The average molecular weight is 182 g/mol. The second kappa shape index (κ2) is 3.00. The molecule has 2 fully saturated rings. The molecule has 74 valence electrons. The first kappa shape index (κ1) is 9.04. The fourth-order valence-electron chi connectivity index (χ4n) is 3.31. The fourth-order valence-corrected chi connectivity index (χ4v) is 3.31. The number of carbonyl (C=O) groups is 1. The van der Waals surface area contributed by atoms with Gasteiger partial charge in [0.1, 0.15) is 5.60 Å². The molecule has 2 nitrogen and oxygen atoms in total. The van der Waals surface area contributed by atoms with Gasteiger partial charge >= 0.3 is 0 Å². The van der Waals surface area contributed by atoms with Crippen LogP contribution in [0.1, 0.15) is 39.5 Å². The third-order valence-electron chi connectivity index (χ3n) is 3.98. The lowest BCUT2D eigenvalue weighted by molar-refractivity contribution is -0.147. The molecule has 0 N–H and O–H groups in total. The second-order valence-corrected chi connectivity index (χ2v) is 5.10. The first-order chi connectivity index (χ1) is 6.13. The van der Waals surface area contributed by atoms with Crippen molar-refractivity contribution in [1.29, 1.82) is 0 Å². The molecule has 0 radical (unpaired) electrons. The molecule has 2 aliphatic rings. The summed E-state index contributed by atoms with van der Waals surface area (Å²) in [7, 11) is 0. The minimum atomic E-state index is -0.235. The molecule has 0 heterocycles. The zero-order chi connectivity index (χ0) is 9.47. The van der Waals surface area contributed by atoms with Crippen molar-refractivity contribution in [1.82, 2.24) is 0 Å². The van der Waals surface area contributed by atoms with Gasteiger partial charge in [0.15, 0.2) is 0 Å². The first-order valence-electron chi connectivity index (χ1n) is 5.25. The molecule has 3 unspecified atom stereocenters. The van der Waals surface area contributed by atoms with E-state index in [1.54, 1.807) is 0 Å². The predicted molar refractivity (Wildman–Crippen MR) is 50.2 cm³/mol. The normalized spacial score (nSPS) is 37.8. The van der Waals surface area contributed by atoms with Gasteiger partial charge in [0.05, 0.1) is 0 Å². The van der Waals surface area contributed by atoms with Crippen LogP contribution in [0.25, 0.3) is 0 Å². The SMILES string of the molecule is CC(C)(OC=O)C1CC2CCC1C2. The molecule has 13 heavy (non-hydrogen) atoms. The highest BCUT2D eigenvalue weighted by molar-refractivity contribution is 5.38. The molecule has 0 spiro atoms. The summed E-state index contributed by atoms with van der Waals surface area (Å²) in [6.45, 7) is 4.70. The number of carbonyl (C=O) groups excluding carboxylic acids is 1. The molecule has 2 rings (SSSR count). The molecule has 2 bridgehead atoms. The van der Waals surface area contributed by atoms with Gasteiger partial charge in [0.25, 0.3) is 6.47 Å². The number of hydrogen-bond acceptors (Lipinski definition) is 2. The average Bonchev–Trinajstić information content (AvgIpc) is 2.63. The summed E-state index contributed by atoms with van der Waals surface area (Å²) in [6.07, 6.45) is 5.39. The minimum Gasteiger partial charge on any atom is -0.462 e. The third-order valence-corrected chi connectivity index (χ3v) is 3.98. The van der Waals surface area contributed by atoms with Crippen molar-refractivity contribution in [3.63, 3.8) is 0 Å². The lowest BCUT2D eigenvalue weighted by atomic mass is 9.78. The molecular formula is C11H18O2. The summed E-state index contributed by atoms with van der Waals surface area (Å²) >= 11 is 0. The molecule has 0 aromatic heterocycles. The van der Waals surface area contributed by atoms with Gasteiger partial charge in [-0.15, -0.1) is 0 Å². The van der Waals surface area contributed by atoms with Gasteiger partial charge in [-0.25, -0.2) is 0 Å². The number of ether oxygens (including phenoxy) is 1. The Hall–Kier alpha value is -0.530. The Balaban J connectivity index is 2.04. The number of rotatable bonds is 3. The van der Waals surface area contributed by atoms with Crippen LogP contribution in [0.15, 0.2) is 0 Å². The summed E-state index contributed by atoms with van der Waals surface area (Å²) in [5, 5.41) is 0. The Labute approximate surface area is 79.7 Å². The minimum absolute atomic E-state index is 0.235. The van der Waals surface area contributed by atoms with E-state index >= 15 is 0 Å². The Morgan fingerprint density at radius 1 is 1.31 bits per heavy atom. The molecule has 2 saturated carbocycles. The standard InChI is InChI=1S/C11H18O2/c1-11(2,13-7-12)10-6-8-3-4-9(10)5-8/h7-10H,3-6H2,1-2H3. The maximum Gasteiger partial charge on any atom is 0.293 e. The van der Waals surface area contributed by atoms with Gasteiger partial charge in [0.2, 0.25) is 0 Å². The van der Waals surface area contributed by atoms with Crippen molar-refractivity contribution >= 4 is 6.47 Å². The monoisotopic (exact) mass is 182 g/mol. The highest BCUT2D eigenvalue weighted by Gasteiger charge is 2.47. The summed E-state index contributed by atoms with van der Waals surface area (Å²) in [5.41, 5.74) is -0.235. The van der Waals surface area contributed by atoms with Crippen molar-refractivity contribution in [2.24, 2.45) is 17.8 Å². The molecule has 0 saturated heterocycles. The van der Waals surface area contributed by atoms with Crippen LogP contribution in [0.5, 0.6) is 0 Å². The van der Waals surface area contributed by atoms with E-state index in [2.05, 4.69) is 0 Å². The summed E-state index contributed by atoms with van der Waals surface area (Å²) in [5.74, 6) is 2.35. The topological polar surface area (TPSA) is 26.3 Å². The van der Waals surface area contributed by atoms with Gasteiger partial charge < -0.3 is 4.74 Å². The van der Waals surface area contributed by atoms with Crippen LogP contribution in [0.3, 0.4) is 0 Å². The van der Waals surface area contributed by atoms with Crippen molar-refractivity contribution in [2.75, 3.05) is 0 Å². The highest BCUT2D eigenvalue weighted by Crippen LogP contribution is 2.52. The second-order valence-electron chi connectivity index (χ2n) is 5.10. The van der Waals surface area contributed by atoms with Crippen molar-refractivity contribution in [2.45, 2.75) is 45.1 Å². The maximum atomic E-state index is 10.4. The van der Waals surface area contributed by atoms with E-state index in [1.807, 2.05) is 13.8 Å². The van der Waals surface area contributed by atoms with Gasteiger partial charge in [0, 0.05) is 5.92 Å². The summed E-state index contributed by atoms with van der Waals surface area (Å²) in [6, 6.07) is 0. The Morgan fingerprint density at radius 3 is 2.54 bits per heavy atom. The largest absolute Gasteiger partial charge is 0.462 e. The van der Waals surface area contributed by atoms with Gasteiger partial charge in [-0.05, 0) is 44.9 Å². The molecule has 0 aromatic rings. The number of hydrogen-bond donors (Lipinski definition) is 0. The molecule has 3 atom stereocenters. The van der Waals surface area contributed by atoms with Crippen LogP contribution < -0.4 is 0 Å². The van der Waals surface area contributed by atoms with E-state index in [-0.39, 0.29) is 5.60 Å². The zero-order valence-corrected chi connectivity index (χ0v) is 8.45. The van der Waals surface area contributed by atoms with E-state index in [0.717, 1.165) is 11.8 Å². The predicted octanol–water partition coefficient (Wildman–Crippen LogP) is 2.37. The van der Waals surface area contributed by atoms with Crippen molar-refractivity contribution in [3.05, 3.63) is 0 Å². The van der Waals surface area contributed by atoms with Crippen LogP contribution in [0.4, 0.5) is 0 Å². The first-order valence-corrected chi connectivity index (χ1v) is 5.25. The Bertz CT molecular complexity index is 210. The van der Waals surface area contributed by atoms with E-state index in [4.69, 9.17) is 4.74 Å². The van der Waals surface area contributed by atoms with Gasteiger partial charge in [-0.2, -0.15) is 0 Å². The van der Waals surface area contributed by atoms with Gasteiger partial charge in [-0.1, -0.05) is 6.42 Å². The molecule has 0 aromatic carbocycles. The van der Waals surface area contributed by atoms with E-state index in [9.17, 15) is 4.79 Å². The highest BCUT2D eigenvalue weighted by atomic mass is 16.5. The van der Waals surface area contributed by atoms with Gasteiger partial charge in [-0.3, -0.25) is 4.79 Å². The maximum absolute atomic E-state index is 10.4. The molecule has 2 heteroatoms. The Kier molecular flexibility index (Phi) is 2.09. The third kappa shape index (κ3) is 1.47. The van der Waals surface area contributed by atoms with Crippen molar-refractivity contribution < 1.29 is 9.53 Å². The zero-order valence-electron chi connectivity index (χ0n) is 8.45. The van der Waals surface area contributed by atoms with Crippen LogP contribution in [-0.2, 0) is 9.53 Å². The molecule has 0 amide bonds. The smallest absolute Gasteiger partial charge is 0.293 e. The molecule has 2 aliphatic carbocycles. The molecular weight excluding hydrogens is 164 g/mol. The Morgan fingerprint density at radius 2 is 2.08 bits per heavy atom. The number of fused-ring (bicyclic) bond motifs is 2. The quantitative estimate of drug-likeness (QED) is 0.626. The lowest BCUT2D eigenvalue weighted by Gasteiger charge is -2.35. The molecule has 0 aliphatic heterocycles. The summed E-state index contributed by atoms with van der Waals surface area (Å²) in [4.78, 5) is 10.4. The van der Waals surface area contributed by atoms with Crippen LogP contribution in [-0.4, -0.2) is 12.1 Å².